The highest BCUT2D eigenvalue weighted by molar-refractivity contribution is 7.47. The van der Waals surface area contributed by atoms with Crippen LogP contribution in [0.1, 0.15) is 219 Å². The Morgan fingerprint density at radius 3 is 1.32 bits per heavy atom. The minimum atomic E-state index is -4.35. The van der Waals surface area contributed by atoms with E-state index in [0.717, 1.165) is 44.9 Å². The van der Waals surface area contributed by atoms with E-state index in [4.69, 9.17) is 18.5 Å². The molecule has 56 heavy (non-hydrogen) atoms. The molecule has 0 amide bonds. The first-order valence-corrected chi connectivity index (χ1v) is 24.8. The quantitative estimate of drug-likeness (QED) is 0.0268. The van der Waals surface area contributed by atoms with Crippen LogP contribution in [0.25, 0.3) is 0 Å². The second-order valence-corrected chi connectivity index (χ2v) is 17.0. The van der Waals surface area contributed by atoms with E-state index in [9.17, 15) is 19.0 Å². The summed E-state index contributed by atoms with van der Waals surface area (Å²) >= 11 is 0. The highest BCUT2D eigenvalue weighted by Gasteiger charge is 2.26. The molecular weight excluding hydrogens is 725 g/mol. The lowest BCUT2D eigenvalue weighted by molar-refractivity contribution is -0.161. The zero-order valence-electron chi connectivity index (χ0n) is 36.6. The number of ether oxygens (including phenoxy) is 2. The molecule has 0 heterocycles. The average molecular weight is 814 g/mol. The maximum absolute atomic E-state index is 12.6. The lowest BCUT2D eigenvalue weighted by Crippen LogP contribution is -2.29. The number of phosphoric ester groups is 1. The zero-order chi connectivity index (χ0) is 41.1. The lowest BCUT2D eigenvalue weighted by Gasteiger charge is -2.20. The summed E-state index contributed by atoms with van der Waals surface area (Å²) in [7, 11) is -2.65. The SMILES string of the molecule is CCCCCCCC/C=C\CCCCCCCCCC(=O)OCC(COP(=O)(O)OCCNC)OC(=O)CCCCCCCCC/C=C\CCCCCCCC. The van der Waals surface area contributed by atoms with Crippen molar-refractivity contribution in [2.75, 3.05) is 33.4 Å². The molecule has 0 aliphatic rings. The number of hydrogen-bond donors (Lipinski definition) is 2. The summed E-state index contributed by atoms with van der Waals surface area (Å²) in [4.78, 5) is 35.1. The number of allylic oxidation sites excluding steroid dienone is 4. The van der Waals surface area contributed by atoms with Gasteiger partial charge in [0.05, 0.1) is 13.2 Å². The van der Waals surface area contributed by atoms with Gasteiger partial charge in [-0.25, -0.2) is 4.57 Å². The number of unbranched alkanes of at least 4 members (excludes halogenated alkanes) is 26. The van der Waals surface area contributed by atoms with Crippen molar-refractivity contribution in [3.8, 4) is 0 Å². The molecule has 0 radical (unpaired) electrons. The van der Waals surface area contributed by atoms with Gasteiger partial charge in [0.2, 0.25) is 0 Å². The molecule has 2 atom stereocenters. The van der Waals surface area contributed by atoms with Crippen molar-refractivity contribution in [2.24, 2.45) is 0 Å². The van der Waals surface area contributed by atoms with Crippen LogP contribution in [0.5, 0.6) is 0 Å². The van der Waals surface area contributed by atoms with Crippen LogP contribution in [0.3, 0.4) is 0 Å². The Labute approximate surface area is 344 Å². The van der Waals surface area contributed by atoms with Gasteiger partial charge < -0.3 is 19.7 Å². The van der Waals surface area contributed by atoms with Crippen molar-refractivity contribution < 1.29 is 37.6 Å². The predicted molar refractivity (Wildman–Crippen MR) is 234 cm³/mol. The van der Waals surface area contributed by atoms with Crippen molar-refractivity contribution in [1.29, 1.82) is 0 Å². The van der Waals surface area contributed by atoms with Crippen molar-refractivity contribution in [3.63, 3.8) is 0 Å². The number of carbonyl (C=O) groups is 2. The standard InChI is InChI=1S/C46H88NO8P/c1-4-6-8-10-12-14-16-18-20-22-24-26-28-30-32-34-36-38-45(48)52-42-44(43-54-56(50,51)53-41-40-47-3)55-46(49)39-37-35-33-31-29-27-25-23-21-19-17-15-13-11-9-7-5-2/h18-21,44,47H,4-17,22-43H2,1-3H3,(H,50,51)/b20-18-,21-19-. The highest BCUT2D eigenvalue weighted by Crippen LogP contribution is 2.43. The number of rotatable bonds is 44. The molecule has 0 rings (SSSR count). The van der Waals surface area contributed by atoms with Crippen molar-refractivity contribution >= 4 is 19.8 Å². The number of hydrogen-bond acceptors (Lipinski definition) is 8. The molecule has 2 unspecified atom stereocenters. The molecule has 0 aromatic heterocycles. The zero-order valence-corrected chi connectivity index (χ0v) is 37.5. The van der Waals surface area contributed by atoms with Gasteiger partial charge in [-0.2, -0.15) is 0 Å². The lowest BCUT2D eigenvalue weighted by atomic mass is 10.1. The fourth-order valence-electron chi connectivity index (χ4n) is 6.48. The van der Waals surface area contributed by atoms with Gasteiger partial charge in [-0.05, 0) is 71.3 Å². The van der Waals surface area contributed by atoms with Crippen LogP contribution < -0.4 is 5.32 Å². The minimum Gasteiger partial charge on any atom is -0.462 e. The van der Waals surface area contributed by atoms with E-state index < -0.39 is 26.5 Å². The largest absolute Gasteiger partial charge is 0.472 e. The van der Waals surface area contributed by atoms with Crippen LogP contribution >= 0.6 is 7.82 Å². The number of phosphoric acid groups is 1. The molecule has 10 heteroatoms. The summed E-state index contributed by atoms with van der Waals surface area (Å²) in [6.45, 7) is 4.23. The number of carbonyl (C=O) groups excluding carboxylic acids is 2. The first-order chi connectivity index (χ1) is 27.3. The van der Waals surface area contributed by atoms with E-state index in [1.165, 1.54) is 141 Å². The molecule has 9 nitrogen and oxygen atoms in total. The summed E-state index contributed by atoms with van der Waals surface area (Å²) < 4.78 is 33.2. The predicted octanol–water partition coefficient (Wildman–Crippen LogP) is 13.4. The Kier molecular flexibility index (Phi) is 41.9. The smallest absolute Gasteiger partial charge is 0.462 e. The first kappa shape index (κ1) is 54.5. The summed E-state index contributed by atoms with van der Waals surface area (Å²) in [6, 6.07) is 0. The maximum Gasteiger partial charge on any atom is 0.472 e. The molecule has 2 N–H and O–H groups in total. The molecule has 0 aliphatic carbocycles. The topological polar surface area (TPSA) is 120 Å². The third kappa shape index (κ3) is 42.1. The van der Waals surface area contributed by atoms with E-state index in [0.29, 0.717) is 13.0 Å². The third-order valence-corrected chi connectivity index (χ3v) is 11.0. The average Bonchev–Trinajstić information content (AvgIpc) is 3.18. The first-order valence-electron chi connectivity index (χ1n) is 23.3. The van der Waals surface area contributed by atoms with Crippen LogP contribution in [0.15, 0.2) is 24.3 Å². The van der Waals surface area contributed by atoms with Gasteiger partial charge in [-0.3, -0.25) is 18.6 Å². The van der Waals surface area contributed by atoms with Gasteiger partial charge in [0, 0.05) is 19.4 Å². The fraction of sp³-hybridized carbons (Fsp3) is 0.870. The van der Waals surface area contributed by atoms with E-state index in [2.05, 4.69) is 43.5 Å². The maximum atomic E-state index is 12.6. The van der Waals surface area contributed by atoms with Gasteiger partial charge in [0.1, 0.15) is 6.61 Å². The molecule has 0 fully saturated rings. The van der Waals surface area contributed by atoms with Crippen molar-refractivity contribution in [2.45, 2.75) is 225 Å². The molecule has 0 bridgehead atoms. The summed E-state index contributed by atoms with van der Waals surface area (Å²) in [6.07, 6.45) is 45.0. The Balaban J connectivity index is 4.18. The molecule has 0 saturated carbocycles. The van der Waals surface area contributed by atoms with Crippen LogP contribution in [-0.4, -0.2) is 56.3 Å². The monoisotopic (exact) mass is 814 g/mol. The molecule has 0 aromatic rings. The number of esters is 2. The molecule has 0 spiro atoms. The Bertz CT molecular complexity index is 975. The summed E-state index contributed by atoms with van der Waals surface area (Å²) in [5.41, 5.74) is 0. The van der Waals surface area contributed by atoms with Gasteiger partial charge in [0.25, 0.3) is 0 Å². The Hall–Kier alpha value is -1.51. The summed E-state index contributed by atoms with van der Waals surface area (Å²) in [5.74, 6) is -0.809. The van der Waals surface area contributed by atoms with Crippen LogP contribution in [0.2, 0.25) is 0 Å². The van der Waals surface area contributed by atoms with Gasteiger partial charge in [0.15, 0.2) is 6.10 Å². The number of nitrogens with one attached hydrogen (secondary N) is 1. The van der Waals surface area contributed by atoms with Crippen molar-refractivity contribution in [3.05, 3.63) is 24.3 Å². The third-order valence-electron chi connectivity index (χ3n) is 10.0. The van der Waals surface area contributed by atoms with E-state index in [1.807, 2.05) is 0 Å². The Morgan fingerprint density at radius 2 is 0.911 bits per heavy atom. The van der Waals surface area contributed by atoms with Crippen LogP contribution in [0.4, 0.5) is 0 Å². The molecule has 330 valence electrons. The second kappa shape index (κ2) is 43.1. The van der Waals surface area contributed by atoms with Gasteiger partial charge in [-0.15, -0.1) is 0 Å². The molecular formula is C46H88NO8P. The van der Waals surface area contributed by atoms with Gasteiger partial charge >= 0.3 is 19.8 Å². The summed E-state index contributed by atoms with van der Waals surface area (Å²) in [5, 5.41) is 2.83. The normalized spacial score (nSPS) is 13.4. The second-order valence-electron chi connectivity index (χ2n) is 15.6. The molecule has 0 aromatic carbocycles. The van der Waals surface area contributed by atoms with Crippen LogP contribution in [0, 0.1) is 0 Å². The highest BCUT2D eigenvalue weighted by atomic mass is 31.2. The van der Waals surface area contributed by atoms with Crippen molar-refractivity contribution in [1.82, 2.24) is 5.32 Å². The molecule has 0 saturated heterocycles. The minimum absolute atomic E-state index is 0.0171. The number of likely N-dealkylation sites (N-methyl/N-ethyl adjacent to an activating group) is 1. The van der Waals surface area contributed by atoms with Crippen LogP contribution in [-0.2, 0) is 32.7 Å². The van der Waals surface area contributed by atoms with E-state index in [-0.39, 0.29) is 32.0 Å². The Morgan fingerprint density at radius 1 is 0.536 bits per heavy atom. The van der Waals surface area contributed by atoms with Gasteiger partial charge in [-0.1, -0.05) is 167 Å². The van der Waals surface area contributed by atoms with E-state index in [1.54, 1.807) is 7.05 Å². The van der Waals surface area contributed by atoms with E-state index >= 15 is 0 Å². The fourth-order valence-corrected chi connectivity index (χ4v) is 7.24. The molecule has 0 aliphatic heterocycles.